The molecule has 0 aromatic heterocycles. The standard InChI is InChI=1S/C73H94Cl2N4O24/c74-39-47-41-78(54-37-56(49-8-3-5-10-51(49)64(47)54)100-72-70(91)68(89)66(87)58(43-81)102-72)62(85)17-14-45-13-15-46(16-18-63(86)79-42-48(40-75)65-52-11-6-4-9-50(52)57(38-55(65)79)101-73-71(92)69(90)67(88)59(44-82)103-73)53(36-45)77-61(84)19-22-93-24-26-95-28-30-97-32-34-99-35-33-98-31-29-96-27-25-94-23-20-76-60(83)12-2-1-7-21-80/h3-6,8-11,13,15-16,18,21,36-38,47-48,58-59,66-73,81-82,87-92H,1-2,7,12,14,17,19-20,22-35,39-44H2,(H,76,83)(H,77,84)/b18-16+/t47-,48-,58-,59-,66+,67+,68+,69+,70-,71-,72-,73-/m1/s1. The molecule has 0 radical (unpaired) electrons. The number of aliphatic hydroxyl groups is 8. The van der Waals surface area contributed by atoms with E-state index in [0.29, 0.717) is 149 Å². The summed E-state index contributed by atoms with van der Waals surface area (Å²) < 4.78 is 62.9. The van der Waals surface area contributed by atoms with Crippen LogP contribution in [0.1, 0.15) is 72.6 Å². The predicted octanol–water partition coefficient (Wildman–Crippen LogP) is 3.35. The summed E-state index contributed by atoms with van der Waals surface area (Å²) in [6.45, 7) is 4.05. The molecule has 4 aliphatic rings. The van der Waals surface area contributed by atoms with E-state index in [-0.39, 0.29) is 99.1 Å². The van der Waals surface area contributed by atoms with Crippen molar-refractivity contribution < 1.29 is 117 Å². The van der Waals surface area contributed by atoms with Gasteiger partial charge in [-0.25, -0.2) is 0 Å². The smallest absolute Gasteiger partial charge is 0.251 e. The Balaban J connectivity index is 0.785. The maximum absolute atomic E-state index is 14.6. The molecule has 0 spiro atoms. The number of halogens is 2. The SMILES string of the molecule is O=CCCCCC(=O)NCCOCCOCCOCCOCCOCCOCCOCCC(=O)Nc1cc(CCC(=O)N2C[C@@H](CCl)c3c2cc(O[C@@H]2O[C@H](CO)[C@H](O)[C@H](O)[C@H]2O)c2ccccc32)ccc1/C=C/C(=O)N1C[C@@H](CCl)c2c1cc(O[C@@H]1O[C@H](CO)[C@H](O)[C@H](O)[C@H]1O)c1ccccc21. The second-order valence-corrected chi connectivity index (χ2v) is 25.7. The topological polar surface area (TPSA) is 379 Å². The summed E-state index contributed by atoms with van der Waals surface area (Å²) in [5.41, 5.74) is 3.96. The van der Waals surface area contributed by atoms with Gasteiger partial charge in [-0.2, -0.15) is 0 Å². The third-order valence-corrected chi connectivity index (χ3v) is 18.8. The zero-order valence-corrected chi connectivity index (χ0v) is 58.7. The molecule has 9 rings (SSSR count). The lowest BCUT2D eigenvalue weighted by atomic mass is 9.95. The normalized spacial score (nSPS) is 23.1. The molecule has 28 nitrogen and oxygen atoms in total. The van der Waals surface area contributed by atoms with Crippen LogP contribution in [-0.2, 0) is 73.0 Å². The number of hydrogen-bond acceptors (Lipinski definition) is 24. The second kappa shape index (κ2) is 41.3. The minimum atomic E-state index is -1.71. The van der Waals surface area contributed by atoms with E-state index in [1.165, 1.54) is 11.0 Å². The van der Waals surface area contributed by atoms with Crippen molar-refractivity contribution in [3.8, 4) is 11.5 Å². The van der Waals surface area contributed by atoms with Crippen molar-refractivity contribution in [1.29, 1.82) is 0 Å². The fraction of sp³-hybridized carbons (Fsp3) is 0.548. The molecule has 103 heavy (non-hydrogen) atoms. The van der Waals surface area contributed by atoms with Gasteiger partial charge < -0.3 is 118 Å². The number of anilines is 3. The molecule has 10 N–H and O–H groups in total. The van der Waals surface area contributed by atoms with Crippen molar-refractivity contribution in [1.82, 2.24) is 5.32 Å². The fourth-order valence-electron chi connectivity index (χ4n) is 12.6. The Bertz CT molecular complexity index is 3590. The number of benzene rings is 5. The maximum Gasteiger partial charge on any atom is 0.251 e. The number of aldehydes is 1. The van der Waals surface area contributed by atoms with E-state index in [2.05, 4.69) is 10.6 Å². The third-order valence-electron chi connectivity index (χ3n) is 18.1. The summed E-state index contributed by atoms with van der Waals surface area (Å²) in [5.74, 6) is -1.11. The minimum Gasteiger partial charge on any atom is -0.461 e. The quantitative estimate of drug-likeness (QED) is 0.0116. The van der Waals surface area contributed by atoms with Crippen LogP contribution in [0.25, 0.3) is 27.6 Å². The number of aliphatic hydroxyl groups excluding tert-OH is 8. The van der Waals surface area contributed by atoms with Gasteiger partial charge in [-0.3, -0.25) is 19.2 Å². The van der Waals surface area contributed by atoms with E-state index in [1.807, 2.05) is 24.3 Å². The first kappa shape index (κ1) is 80.5. The van der Waals surface area contributed by atoms with Crippen molar-refractivity contribution in [3.05, 3.63) is 107 Å². The molecule has 12 atom stereocenters. The largest absolute Gasteiger partial charge is 0.461 e. The number of nitrogens with zero attached hydrogens (tertiary/aromatic N) is 2. The number of unbranched alkanes of at least 4 members (excludes halogenated alkanes) is 2. The number of ether oxygens (including phenoxy) is 11. The Morgan fingerprint density at radius 1 is 0.524 bits per heavy atom. The first-order chi connectivity index (χ1) is 50.1. The molecule has 30 heteroatoms. The number of carbonyl (C=O) groups is 5. The highest BCUT2D eigenvalue weighted by molar-refractivity contribution is 6.20. The summed E-state index contributed by atoms with van der Waals surface area (Å²) in [4.78, 5) is 68.2. The van der Waals surface area contributed by atoms with Crippen molar-refractivity contribution in [2.45, 2.75) is 118 Å². The highest BCUT2D eigenvalue weighted by Crippen LogP contribution is 2.48. The molecule has 4 aliphatic heterocycles. The van der Waals surface area contributed by atoms with Crippen molar-refractivity contribution >= 4 is 97.8 Å². The van der Waals surface area contributed by atoms with Crippen LogP contribution in [0.5, 0.6) is 11.5 Å². The van der Waals surface area contributed by atoms with Crippen LogP contribution in [0.2, 0.25) is 0 Å². The molecule has 4 heterocycles. The number of fused-ring (bicyclic) bond motifs is 6. The number of nitrogens with one attached hydrogen (secondary N) is 2. The maximum atomic E-state index is 14.6. The molecule has 2 saturated heterocycles. The van der Waals surface area contributed by atoms with Crippen LogP contribution in [0.3, 0.4) is 0 Å². The van der Waals surface area contributed by atoms with Gasteiger partial charge in [-0.15, -0.1) is 23.2 Å². The number of carbonyl (C=O) groups excluding carboxylic acids is 5. The summed E-state index contributed by atoms with van der Waals surface area (Å²) in [6, 6.07) is 23.0. The first-order valence-corrected chi connectivity index (χ1v) is 35.8. The highest BCUT2D eigenvalue weighted by Gasteiger charge is 2.47. The van der Waals surface area contributed by atoms with E-state index >= 15 is 0 Å². The van der Waals surface area contributed by atoms with Crippen molar-refractivity contribution in [2.24, 2.45) is 0 Å². The van der Waals surface area contributed by atoms with Crippen LogP contribution in [0, 0.1) is 0 Å². The Morgan fingerprint density at radius 2 is 0.990 bits per heavy atom. The van der Waals surface area contributed by atoms with Crippen LogP contribution < -0.4 is 29.9 Å². The average molecular weight is 1480 g/mol. The molecule has 0 saturated carbocycles. The Hall–Kier alpha value is -6.59. The lowest BCUT2D eigenvalue weighted by Crippen LogP contribution is -2.60. The van der Waals surface area contributed by atoms with Crippen LogP contribution in [-0.4, -0.2) is 269 Å². The number of rotatable bonds is 43. The lowest BCUT2D eigenvalue weighted by Gasteiger charge is -2.39. The van der Waals surface area contributed by atoms with Gasteiger partial charge in [0.2, 0.25) is 30.3 Å². The van der Waals surface area contributed by atoms with Gasteiger partial charge in [0.15, 0.2) is 0 Å². The Kier molecular flexibility index (Phi) is 32.3. The van der Waals surface area contributed by atoms with Crippen molar-refractivity contribution in [2.75, 3.05) is 152 Å². The lowest BCUT2D eigenvalue weighted by molar-refractivity contribution is -0.277. The van der Waals surface area contributed by atoms with Crippen LogP contribution in [0.15, 0.2) is 84.9 Å². The monoisotopic (exact) mass is 1480 g/mol. The van der Waals surface area contributed by atoms with E-state index < -0.39 is 86.4 Å². The molecule has 0 unspecified atom stereocenters. The third kappa shape index (κ3) is 21.8. The van der Waals surface area contributed by atoms with Gasteiger partial charge in [-0.1, -0.05) is 60.7 Å². The minimum absolute atomic E-state index is 0.0118. The van der Waals surface area contributed by atoms with Gasteiger partial charge in [0, 0.05) is 97.2 Å². The van der Waals surface area contributed by atoms with Crippen molar-refractivity contribution in [3.63, 3.8) is 0 Å². The average Bonchev–Trinajstić information content (AvgIpc) is 1.61. The van der Waals surface area contributed by atoms with E-state index in [4.69, 9.17) is 75.3 Å². The van der Waals surface area contributed by atoms with E-state index in [9.17, 15) is 64.8 Å². The predicted molar refractivity (Wildman–Crippen MR) is 379 cm³/mol. The van der Waals surface area contributed by atoms with Gasteiger partial charge in [0.1, 0.15) is 66.6 Å². The molecular weight excluding hydrogens is 1390 g/mol. The summed E-state index contributed by atoms with van der Waals surface area (Å²) in [7, 11) is 0. The number of amides is 4. The molecule has 2 fully saturated rings. The van der Waals surface area contributed by atoms with Crippen LogP contribution >= 0.6 is 23.2 Å². The van der Waals surface area contributed by atoms with E-state index in [0.717, 1.165) is 22.8 Å². The molecule has 0 aliphatic carbocycles. The molecule has 564 valence electrons. The first-order valence-electron chi connectivity index (χ1n) is 34.7. The molecule has 5 aromatic carbocycles. The summed E-state index contributed by atoms with van der Waals surface area (Å²) in [6.07, 6.45) is -9.35. The van der Waals surface area contributed by atoms with Gasteiger partial charge in [0.25, 0.3) is 5.91 Å². The molecule has 4 amide bonds. The number of aryl methyl sites for hydroxylation is 1. The number of alkyl halides is 2. The van der Waals surface area contributed by atoms with Gasteiger partial charge in [-0.05, 0) is 64.4 Å². The van der Waals surface area contributed by atoms with Gasteiger partial charge >= 0.3 is 0 Å². The molecular formula is C73H94Cl2N4O24. The molecule has 0 bridgehead atoms. The highest BCUT2D eigenvalue weighted by atomic mass is 35.5. The van der Waals surface area contributed by atoms with E-state index in [1.54, 1.807) is 65.6 Å². The zero-order chi connectivity index (χ0) is 73.2. The Morgan fingerprint density at radius 3 is 1.48 bits per heavy atom. The summed E-state index contributed by atoms with van der Waals surface area (Å²) >= 11 is 13.2. The zero-order valence-electron chi connectivity index (χ0n) is 57.2. The molecule has 5 aromatic rings. The number of hydrogen-bond donors (Lipinski definition) is 10. The Labute approximate surface area is 606 Å². The summed E-state index contributed by atoms with van der Waals surface area (Å²) in [5, 5.41) is 92.1. The van der Waals surface area contributed by atoms with Crippen LogP contribution in [0.4, 0.5) is 17.1 Å². The fourth-order valence-corrected chi connectivity index (χ4v) is 13.1. The second-order valence-electron chi connectivity index (χ2n) is 25.1. The van der Waals surface area contributed by atoms with Gasteiger partial charge in [0.05, 0.1) is 124 Å².